The van der Waals surface area contributed by atoms with Crippen LogP contribution in [-0.4, -0.2) is 39.9 Å². The molecular weight excluding hydrogens is 536 g/mol. The van der Waals surface area contributed by atoms with Crippen molar-refractivity contribution >= 4 is 29.6 Å². The third-order valence-corrected chi connectivity index (χ3v) is 7.70. The number of amides is 1. The van der Waals surface area contributed by atoms with Crippen LogP contribution < -0.4 is 11.1 Å². The van der Waals surface area contributed by atoms with Crippen molar-refractivity contribution in [2.45, 2.75) is 17.3 Å². The molecule has 0 aliphatic carbocycles. The first-order valence-electron chi connectivity index (χ1n) is 12.8. The van der Waals surface area contributed by atoms with E-state index in [9.17, 15) is 14.4 Å². The Morgan fingerprint density at radius 3 is 1.41 bits per heavy atom. The highest BCUT2D eigenvalue weighted by molar-refractivity contribution is 8.00. The summed E-state index contributed by atoms with van der Waals surface area (Å²) in [4.78, 5) is 31.9. The first kappa shape index (κ1) is 30.9. The van der Waals surface area contributed by atoms with Gasteiger partial charge in [0, 0.05) is 24.4 Å². The molecule has 0 aliphatic rings. The molecule has 210 valence electrons. The van der Waals surface area contributed by atoms with Crippen molar-refractivity contribution in [3.8, 4) is 0 Å². The summed E-state index contributed by atoms with van der Waals surface area (Å²) in [6.45, 7) is 0.471. The van der Waals surface area contributed by atoms with Gasteiger partial charge in [0.2, 0.25) is 5.91 Å². The average Bonchev–Trinajstić information content (AvgIpc) is 3.01. The minimum Gasteiger partial charge on any atom is -0.478 e. The number of thioether (sulfide) groups is 1. The second-order valence-corrected chi connectivity index (χ2v) is 10.1. The van der Waals surface area contributed by atoms with Crippen LogP contribution in [0.3, 0.4) is 0 Å². The van der Waals surface area contributed by atoms with E-state index in [0.717, 1.165) is 22.3 Å². The molecule has 4 aromatic rings. The number of hydrogen-bond donors (Lipinski definition) is 4. The van der Waals surface area contributed by atoms with Crippen LogP contribution >= 0.6 is 11.8 Å². The molecule has 5 N–H and O–H groups in total. The quantitative estimate of drug-likeness (QED) is 0.147. The molecule has 0 radical (unpaired) electrons. The van der Waals surface area contributed by atoms with Gasteiger partial charge in [-0.25, -0.2) is 9.59 Å². The van der Waals surface area contributed by atoms with Gasteiger partial charge in [-0.05, 0) is 22.3 Å². The van der Waals surface area contributed by atoms with Crippen molar-refractivity contribution in [3.05, 3.63) is 156 Å². The van der Waals surface area contributed by atoms with Crippen LogP contribution in [0.4, 0.5) is 0 Å². The van der Waals surface area contributed by atoms with Gasteiger partial charge < -0.3 is 21.3 Å². The van der Waals surface area contributed by atoms with E-state index in [0.29, 0.717) is 24.4 Å². The van der Waals surface area contributed by atoms with Gasteiger partial charge in [0.1, 0.15) is 0 Å². The third-order valence-electron chi connectivity index (χ3n) is 6.04. The Balaban J connectivity index is 0.000000507. The van der Waals surface area contributed by atoms with E-state index in [-0.39, 0.29) is 5.91 Å². The monoisotopic (exact) mass is 568 g/mol. The van der Waals surface area contributed by atoms with Gasteiger partial charge in [0.05, 0.1) is 10.8 Å². The Morgan fingerprint density at radius 2 is 1.05 bits per heavy atom. The molecule has 0 heterocycles. The topological polar surface area (TPSA) is 130 Å². The van der Waals surface area contributed by atoms with Crippen LogP contribution in [0.25, 0.3) is 0 Å². The maximum absolute atomic E-state index is 12.8. The second kappa shape index (κ2) is 15.8. The van der Waals surface area contributed by atoms with Crippen LogP contribution in [0.15, 0.2) is 133 Å². The zero-order valence-corrected chi connectivity index (χ0v) is 23.1. The fourth-order valence-electron chi connectivity index (χ4n) is 4.12. The predicted octanol–water partition coefficient (Wildman–Crippen LogP) is 5.07. The van der Waals surface area contributed by atoms with Gasteiger partial charge in [0.25, 0.3) is 0 Å². The highest BCUT2D eigenvalue weighted by atomic mass is 32.2. The molecule has 0 spiro atoms. The largest absolute Gasteiger partial charge is 0.478 e. The van der Waals surface area contributed by atoms with Crippen molar-refractivity contribution in [1.29, 1.82) is 0 Å². The van der Waals surface area contributed by atoms with Gasteiger partial charge in [0.15, 0.2) is 0 Å². The van der Waals surface area contributed by atoms with Gasteiger partial charge >= 0.3 is 11.9 Å². The lowest BCUT2D eigenvalue weighted by atomic mass is 9.84. The molecule has 7 nitrogen and oxygen atoms in total. The van der Waals surface area contributed by atoms with Crippen molar-refractivity contribution in [1.82, 2.24) is 5.32 Å². The zero-order chi connectivity index (χ0) is 29.5. The Hall–Kier alpha value is -4.66. The number of hydrogen-bond acceptors (Lipinski definition) is 5. The van der Waals surface area contributed by atoms with Crippen molar-refractivity contribution < 1.29 is 24.6 Å². The highest BCUT2D eigenvalue weighted by Gasteiger charge is 2.37. The molecule has 0 aliphatic heterocycles. The van der Waals surface area contributed by atoms with Gasteiger partial charge in [-0.1, -0.05) is 121 Å². The van der Waals surface area contributed by atoms with E-state index in [1.807, 2.05) is 48.5 Å². The Bertz CT molecular complexity index is 1300. The molecule has 0 unspecified atom stereocenters. The molecule has 0 bridgehead atoms. The Labute approximate surface area is 243 Å². The fourth-order valence-corrected chi connectivity index (χ4v) is 5.61. The molecule has 8 heteroatoms. The number of aliphatic carboxylic acids is 2. The first-order chi connectivity index (χ1) is 19.8. The molecule has 0 aromatic heterocycles. The van der Waals surface area contributed by atoms with Gasteiger partial charge in [-0.3, -0.25) is 4.79 Å². The zero-order valence-electron chi connectivity index (χ0n) is 22.3. The minimum absolute atomic E-state index is 0.144. The standard InChI is InChI=1S/C29H28N2OS.C4H4O4/c30-27(28(32)31-21-23-13-5-1-6-14-23)22-33-29(24-15-7-2-8-16-24,25-17-9-3-10-18-25)26-19-11-4-12-20-26;5-3(6)1-2-4(7)8/h1-20,27H,21-22,30H2,(H,31,32);1-2H,(H,5,6)(H,7,8)/b;2-1+/t27-;/m0./s1. The summed E-state index contributed by atoms with van der Waals surface area (Å²) in [5.74, 6) is -2.19. The summed E-state index contributed by atoms with van der Waals surface area (Å²) in [6.07, 6.45) is 1.12. The highest BCUT2D eigenvalue weighted by Crippen LogP contribution is 2.48. The van der Waals surface area contributed by atoms with Gasteiger partial charge in [-0.2, -0.15) is 0 Å². The molecule has 4 rings (SSSR count). The van der Waals surface area contributed by atoms with E-state index >= 15 is 0 Å². The number of carboxylic acids is 2. The average molecular weight is 569 g/mol. The predicted molar refractivity (Wildman–Crippen MR) is 162 cm³/mol. The van der Waals surface area contributed by atoms with Crippen LogP contribution in [0.1, 0.15) is 22.3 Å². The lowest BCUT2D eigenvalue weighted by Gasteiger charge is -2.36. The first-order valence-corrected chi connectivity index (χ1v) is 13.8. The number of benzene rings is 4. The van der Waals surface area contributed by atoms with E-state index in [1.165, 1.54) is 0 Å². The molecule has 0 fully saturated rings. The lowest BCUT2D eigenvalue weighted by Crippen LogP contribution is -2.43. The summed E-state index contributed by atoms with van der Waals surface area (Å²) in [5, 5.41) is 18.6. The van der Waals surface area contributed by atoms with Crippen molar-refractivity contribution in [2.75, 3.05) is 5.75 Å². The summed E-state index contributed by atoms with van der Waals surface area (Å²) < 4.78 is -0.485. The molecule has 4 aromatic carbocycles. The number of carbonyl (C=O) groups is 3. The molecule has 41 heavy (non-hydrogen) atoms. The number of nitrogens with two attached hydrogens (primary N) is 1. The van der Waals surface area contributed by atoms with Crippen LogP contribution in [0, 0.1) is 0 Å². The summed E-state index contributed by atoms with van der Waals surface area (Å²) in [5.41, 5.74) is 10.9. The molecule has 1 atom stereocenters. The SMILES string of the molecule is N[C@@H](CSC(c1ccccc1)(c1ccccc1)c1ccccc1)C(=O)NCc1ccccc1.O=C(O)/C=C/C(=O)O. The van der Waals surface area contributed by atoms with E-state index in [2.05, 4.69) is 78.1 Å². The smallest absolute Gasteiger partial charge is 0.328 e. The molecule has 0 saturated heterocycles. The minimum atomic E-state index is -1.26. The van der Waals surface area contributed by atoms with Crippen molar-refractivity contribution in [3.63, 3.8) is 0 Å². The normalized spacial score (nSPS) is 11.6. The van der Waals surface area contributed by atoms with E-state index in [4.69, 9.17) is 15.9 Å². The molecule has 0 saturated carbocycles. The van der Waals surface area contributed by atoms with Crippen LogP contribution in [-0.2, 0) is 25.7 Å². The van der Waals surface area contributed by atoms with Crippen LogP contribution in [0.2, 0.25) is 0 Å². The van der Waals surface area contributed by atoms with Crippen molar-refractivity contribution in [2.24, 2.45) is 5.73 Å². The number of rotatable bonds is 11. The Kier molecular flexibility index (Phi) is 11.9. The van der Waals surface area contributed by atoms with Crippen LogP contribution in [0.5, 0.6) is 0 Å². The summed E-state index contributed by atoms with van der Waals surface area (Å²) in [7, 11) is 0. The van der Waals surface area contributed by atoms with E-state index in [1.54, 1.807) is 11.8 Å². The number of nitrogens with one attached hydrogen (secondary N) is 1. The molecular formula is C33H32N2O5S. The number of carboxylic acid groups (broad SMARTS) is 2. The lowest BCUT2D eigenvalue weighted by molar-refractivity contribution is -0.134. The maximum Gasteiger partial charge on any atom is 0.328 e. The molecule has 1 amide bonds. The van der Waals surface area contributed by atoms with Gasteiger partial charge in [-0.15, -0.1) is 11.8 Å². The Morgan fingerprint density at radius 1 is 0.683 bits per heavy atom. The third kappa shape index (κ3) is 9.20. The fraction of sp³-hybridized carbons (Fsp3) is 0.121. The second-order valence-electron chi connectivity index (χ2n) is 8.91. The summed E-state index contributed by atoms with van der Waals surface area (Å²) >= 11 is 1.70. The maximum atomic E-state index is 12.8. The van der Waals surface area contributed by atoms with E-state index < -0.39 is 22.7 Å². The summed E-state index contributed by atoms with van der Waals surface area (Å²) in [6, 6.07) is 40.6. The number of carbonyl (C=O) groups excluding carboxylic acids is 1.